The number of carbonyl (C=O) groups excluding carboxylic acids is 3. The van der Waals surface area contributed by atoms with E-state index >= 15 is 0 Å². The van der Waals surface area contributed by atoms with E-state index in [-0.39, 0.29) is 31.3 Å². The molecule has 2 amide bonds. The Morgan fingerprint density at radius 1 is 1.21 bits per heavy atom. The third-order valence-corrected chi connectivity index (χ3v) is 4.82. The summed E-state index contributed by atoms with van der Waals surface area (Å²) in [5.41, 5.74) is -0.296. The number of benzene rings is 1. The van der Waals surface area contributed by atoms with Crippen molar-refractivity contribution in [2.75, 3.05) is 6.54 Å². The lowest BCUT2D eigenvalue weighted by molar-refractivity contribution is -0.156. The first kappa shape index (κ1) is 21.4. The minimum Gasteiger partial charge on any atom is -0.459 e. The molecule has 0 unspecified atom stereocenters. The van der Waals surface area contributed by atoms with Crippen molar-refractivity contribution in [2.45, 2.75) is 50.8 Å². The maximum atomic E-state index is 13.4. The Morgan fingerprint density at radius 3 is 2.43 bits per heavy atom. The molecule has 0 radical (unpaired) electrons. The van der Waals surface area contributed by atoms with Crippen LogP contribution in [-0.2, 0) is 25.7 Å². The molecule has 1 aromatic carbocycles. The van der Waals surface area contributed by atoms with Crippen LogP contribution in [-0.4, -0.2) is 40.8 Å². The average Bonchev–Trinajstić information content (AvgIpc) is 3.16. The standard InChI is InChI=1S/C22H28N2O4/c1-4-13-22(14-5-2,23-17(3)25)21(27)24-15-9-12-19(24)20(26)28-16-18-10-7-6-8-11-18/h4-8,10-11,19H,1-2,9,12-16H2,3H3,(H,23,25)/t19-/m0/s1. The Kier molecular flexibility index (Phi) is 7.55. The Labute approximate surface area is 166 Å². The third-order valence-electron chi connectivity index (χ3n) is 4.82. The summed E-state index contributed by atoms with van der Waals surface area (Å²) in [7, 11) is 0. The first-order chi connectivity index (χ1) is 13.4. The zero-order valence-corrected chi connectivity index (χ0v) is 16.4. The zero-order valence-electron chi connectivity index (χ0n) is 16.4. The zero-order chi connectivity index (χ0) is 20.6. The summed E-state index contributed by atoms with van der Waals surface area (Å²) in [4.78, 5) is 39.3. The van der Waals surface area contributed by atoms with Gasteiger partial charge in [0.1, 0.15) is 18.2 Å². The van der Waals surface area contributed by atoms with E-state index in [1.165, 1.54) is 11.8 Å². The molecule has 150 valence electrons. The SMILES string of the molecule is C=CCC(CC=C)(NC(C)=O)C(=O)N1CCC[C@H]1C(=O)OCc1ccccc1. The summed E-state index contributed by atoms with van der Waals surface area (Å²) >= 11 is 0. The van der Waals surface area contributed by atoms with Crippen LogP contribution in [0.1, 0.15) is 38.2 Å². The summed E-state index contributed by atoms with van der Waals surface area (Å²) in [5.74, 6) is -1.05. The van der Waals surface area contributed by atoms with Crippen LogP contribution in [0.2, 0.25) is 0 Å². The van der Waals surface area contributed by atoms with Crippen LogP contribution in [0.3, 0.4) is 0 Å². The predicted molar refractivity (Wildman–Crippen MR) is 107 cm³/mol. The minimum atomic E-state index is -1.18. The molecule has 1 fully saturated rings. The molecule has 6 nitrogen and oxygen atoms in total. The van der Waals surface area contributed by atoms with Crippen molar-refractivity contribution in [2.24, 2.45) is 0 Å². The van der Waals surface area contributed by atoms with Crippen LogP contribution in [0.4, 0.5) is 0 Å². The molecular formula is C22H28N2O4. The average molecular weight is 384 g/mol. The van der Waals surface area contributed by atoms with Crippen LogP contribution in [0.15, 0.2) is 55.6 Å². The van der Waals surface area contributed by atoms with E-state index in [9.17, 15) is 14.4 Å². The molecule has 1 aliphatic rings. The van der Waals surface area contributed by atoms with Crippen molar-refractivity contribution in [1.29, 1.82) is 0 Å². The van der Waals surface area contributed by atoms with E-state index in [0.29, 0.717) is 19.4 Å². The lowest BCUT2D eigenvalue weighted by Crippen LogP contribution is -2.60. The van der Waals surface area contributed by atoms with Gasteiger partial charge in [-0.25, -0.2) is 4.79 Å². The Bertz CT molecular complexity index is 719. The van der Waals surface area contributed by atoms with Crippen molar-refractivity contribution in [3.8, 4) is 0 Å². The Balaban J connectivity index is 2.16. The number of likely N-dealkylation sites (tertiary alicyclic amines) is 1. The monoisotopic (exact) mass is 384 g/mol. The van der Waals surface area contributed by atoms with E-state index in [0.717, 1.165) is 5.56 Å². The molecule has 28 heavy (non-hydrogen) atoms. The van der Waals surface area contributed by atoms with E-state index in [2.05, 4.69) is 18.5 Å². The molecule has 0 saturated carbocycles. The normalized spacial score (nSPS) is 16.3. The summed E-state index contributed by atoms with van der Waals surface area (Å²) < 4.78 is 5.45. The highest BCUT2D eigenvalue weighted by atomic mass is 16.5. The van der Waals surface area contributed by atoms with Gasteiger partial charge in [-0.15, -0.1) is 13.2 Å². The molecule has 1 aliphatic heterocycles. The molecule has 1 atom stereocenters. The summed E-state index contributed by atoms with van der Waals surface area (Å²) in [6, 6.07) is 8.74. The molecule has 1 aromatic rings. The molecule has 1 saturated heterocycles. The smallest absolute Gasteiger partial charge is 0.329 e. The third kappa shape index (κ3) is 5.09. The molecule has 0 spiro atoms. The van der Waals surface area contributed by atoms with Gasteiger partial charge in [0.05, 0.1) is 0 Å². The first-order valence-corrected chi connectivity index (χ1v) is 9.45. The van der Waals surface area contributed by atoms with Gasteiger partial charge in [-0.1, -0.05) is 42.5 Å². The summed E-state index contributed by atoms with van der Waals surface area (Å²) in [6.07, 6.45) is 4.93. The highest BCUT2D eigenvalue weighted by Crippen LogP contribution is 2.27. The van der Waals surface area contributed by atoms with Gasteiger partial charge < -0.3 is 15.0 Å². The lowest BCUT2D eigenvalue weighted by Gasteiger charge is -2.37. The maximum Gasteiger partial charge on any atom is 0.329 e. The highest BCUT2D eigenvalue weighted by molar-refractivity contribution is 5.94. The Morgan fingerprint density at radius 2 is 1.86 bits per heavy atom. The van der Waals surface area contributed by atoms with Gasteiger partial charge in [0, 0.05) is 13.5 Å². The van der Waals surface area contributed by atoms with Crippen LogP contribution < -0.4 is 5.32 Å². The van der Waals surface area contributed by atoms with Crippen LogP contribution in [0.5, 0.6) is 0 Å². The predicted octanol–water partition coefficient (Wildman–Crippen LogP) is 2.75. The second-order valence-electron chi connectivity index (χ2n) is 7.00. The maximum absolute atomic E-state index is 13.4. The van der Waals surface area contributed by atoms with Crippen LogP contribution in [0.25, 0.3) is 0 Å². The number of nitrogens with zero attached hydrogens (tertiary/aromatic N) is 1. The molecule has 2 rings (SSSR count). The van der Waals surface area contributed by atoms with Crippen molar-refractivity contribution in [3.63, 3.8) is 0 Å². The Hall–Kier alpha value is -2.89. The largest absolute Gasteiger partial charge is 0.459 e. The number of carbonyl (C=O) groups is 3. The molecule has 1 heterocycles. The van der Waals surface area contributed by atoms with Gasteiger partial charge in [-0.3, -0.25) is 9.59 Å². The topological polar surface area (TPSA) is 75.7 Å². The molecular weight excluding hydrogens is 356 g/mol. The van der Waals surface area contributed by atoms with Crippen LogP contribution >= 0.6 is 0 Å². The number of ether oxygens (including phenoxy) is 1. The fourth-order valence-electron chi connectivity index (χ4n) is 3.60. The fraction of sp³-hybridized carbons (Fsp3) is 0.409. The number of amides is 2. The fourth-order valence-corrected chi connectivity index (χ4v) is 3.60. The minimum absolute atomic E-state index is 0.161. The van der Waals surface area contributed by atoms with E-state index in [1.54, 1.807) is 12.2 Å². The number of hydrogen-bond acceptors (Lipinski definition) is 4. The van der Waals surface area contributed by atoms with Crippen molar-refractivity contribution in [3.05, 3.63) is 61.2 Å². The molecule has 0 aromatic heterocycles. The van der Waals surface area contributed by atoms with Crippen molar-refractivity contribution < 1.29 is 19.1 Å². The number of esters is 1. The van der Waals surface area contributed by atoms with E-state index in [4.69, 9.17) is 4.74 Å². The second kappa shape index (κ2) is 9.88. The van der Waals surface area contributed by atoms with Gasteiger partial charge in [0.15, 0.2) is 0 Å². The molecule has 0 aliphatic carbocycles. The van der Waals surface area contributed by atoms with Gasteiger partial charge >= 0.3 is 5.97 Å². The lowest BCUT2D eigenvalue weighted by atomic mass is 9.88. The van der Waals surface area contributed by atoms with E-state index in [1.807, 2.05) is 30.3 Å². The molecule has 6 heteroatoms. The van der Waals surface area contributed by atoms with Crippen molar-refractivity contribution >= 4 is 17.8 Å². The van der Waals surface area contributed by atoms with Gasteiger partial charge in [-0.05, 0) is 31.2 Å². The number of nitrogens with one attached hydrogen (secondary N) is 1. The molecule has 1 N–H and O–H groups in total. The van der Waals surface area contributed by atoms with Crippen molar-refractivity contribution in [1.82, 2.24) is 10.2 Å². The summed E-state index contributed by atoms with van der Waals surface area (Å²) in [5, 5.41) is 2.76. The first-order valence-electron chi connectivity index (χ1n) is 9.45. The van der Waals surface area contributed by atoms with E-state index < -0.39 is 17.6 Å². The number of rotatable bonds is 9. The highest BCUT2D eigenvalue weighted by Gasteiger charge is 2.45. The van der Waals surface area contributed by atoms with Crippen LogP contribution in [0, 0.1) is 0 Å². The number of hydrogen-bond donors (Lipinski definition) is 1. The van der Waals surface area contributed by atoms with Gasteiger partial charge in [0.2, 0.25) is 11.8 Å². The molecule has 0 bridgehead atoms. The summed E-state index contributed by atoms with van der Waals surface area (Å²) in [6.45, 7) is 9.40. The van der Waals surface area contributed by atoms with Gasteiger partial charge in [-0.2, -0.15) is 0 Å². The quantitative estimate of drug-likeness (QED) is 0.525. The second-order valence-corrected chi connectivity index (χ2v) is 7.00. The van der Waals surface area contributed by atoms with Gasteiger partial charge in [0.25, 0.3) is 0 Å².